The predicted molar refractivity (Wildman–Crippen MR) is 206 cm³/mol. The molecular weight excluding hydrogens is 604 g/mol. The van der Waals surface area contributed by atoms with Gasteiger partial charge in [0.2, 0.25) is 0 Å². The largest absolute Gasteiger partial charge is 0.423 e. The van der Waals surface area contributed by atoms with E-state index in [0.29, 0.717) is 22.6 Å². The van der Waals surface area contributed by atoms with E-state index in [2.05, 4.69) is 117 Å². The molecular formula is C45H54O4. The van der Waals surface area contributed by atoms with Crippen molar-refractivity contribution >= 4 is 11.9 Å². The fraction of sp³-hybridized carbons (Fsp3) is 0.333. The van der Waals surface area contributed by atoms with Crippen LogP contribution in [0.25, 0.3) is 22.3 Å². The zero-order valence-electron chi connectivity index (χ0n) is 32.2. The Morgan fingerprint density at radius 3 is 1.04 bits per heavy atom. The van der Waals surface area contributed by atoms with Gasteiger partial charge in [0.05, 0.1) is 0 Å². The number of aryl methyl sites for hydroxylation is 9. The van der Waals surface area contributed by atoms with Gasteiger partial charge >= 0.3 is 11.9 Å². The Hall–Kier alpha value is -4.70. The fourth-order valence-electron chi connectivity index (χ4n) is 6.36. The highest BCUT2D eigenvalue weighted by Gasteiger charge is 2.19. The maximum atomic E-state index is 11.9. The highest BCUT2D eigenvalue weighted by molar-refractivity contribution is 5.90. The van der Waals surface area contributed by atoms with Crippen LogP contribution >= 0.6 is 0 Å². The van der Waals surface area contributed by atoms with Crippen LogP contribution in [0.5, 0.6) is 11.5 Å². The molecule has 0 bridgehead atoms. The molecule has 0 spiro atoms. The first kappa shape index (κ1) is 38.7. The Morgan fingerprint density at radius 1 is 0.490 bits per heavy atom. The highest BCUT2D eigenvalue weighted by atomic mass is 16.5. The van der Waals surface area contributed by atoms with Crippen molar-refractivity contribution in [2.75, 3.05) is 0 Å². The average molecular weight is 659 g/mol. The van der Waals surface area contributed by atoms with Crippen LogP contribution in [0.3, 0.4) is 0 Å². The molecule has 0 atom stereocenters. The molecule has 258 valence electrons. The summed E-state index contributed by atoms with van der Waals surface area (Å²) in [7, 11) is 0. The van der Waals surface area contributed by atoms with Crippen molar-refractivity contribution in [3.63, 3.8) is 0 Å². The van der Waals surface area contributed by atoms with Crippen molar-refractivity contribution in [2.45, 2.75) is 102 Å². The van der Waals surface area contributed by atoms with Crippen molar-refractivity contribution < 1.29 is 19.1 Å². The quantitative estimate of drug-likeness (QED) is 0.118. The molecule has 4 rings (SSSR count). The molecule has 0 aliphatic heterocycles. The molecule has 0 aliphatic carbocycles. The Morgan fingerprint density at radius 2 is 0.776 bits per heavy atom. The average Bonchev–Trinajstić information content (AvgIpc) is 2.95. The van der Waals surface area contributed by atoms with Crippen molar-refractivity contribution in [1.29, 1.82) is 0 Å². The first-order chi connectivity index (χ1) is 22.6. The maximum absolute atomic E-state index is 11.9. The number of ether oxygens (including phenoxy) is 2. The van der Waals surface area contributed by atoms with Gasteiger partial charge in [0.15, 0.2) is 0 Å². The number of carbonyl (C=O) groups is 2. The molecule has 0 heterocycles. The van der Waals surface area contributed by atoms with Gasteiger partial charge in [-0.1, -0.05) is 63.8 Å². The van der Waals surface area contributed by atoms with Gasteiger partial charge in [0.25, 0.3) is 0 Å². The second-order valence-electron chi connectivity index (χ2n) is 14.7. The lowest BCUT2D eigenvalue weighted by molar-refractivity contribution is -0.131. The Kier molecular flexibility index (Phi) is 12.1. The van der Waals surface area contributed by atoms with E-state index in [1.165, 1.54) is 44.5 Å². The van der Waals surface area contributed by atoms with Gasteiger partial charge in [0.1, 0.15) is 11.5 Å². The van der Waals surface area contributed by atoms with Gasteiger partial charge in [-0.05, 0) is 178 Å². The van der Waals surface area contributed by atoms with E-state index >= 15 is 0 Å². The number of carbonyl (C=O) groups excluding carboxylic acids is 2. The van der Waals surface area contributed by atoms with E-state index in [4.69, 9.17) is 9.47 Å². The Bertz CT molecular complexity index is 1870. The third-order valence-corrected chi connectivity index (χ3v) is 8.66. The minimum absolute atomic E-state index is 0.125. The lowest BCUT2D eigenvalue weighted by Crippen LogP contribution is -2.12. The molecule has 49 heavy (non-hydrogen) atoms. The molecule has 0 saturated carbocycles. The van der Waals surface area contributed by atoms with E-state index in [1.807, 2.05) is 27.7 Å². The molecule has 0 unspecified atom stereocenters. The summed E-state index contributed by atoms with van der Waals surface area (Å²) in [5.41, 5.74) is 17.2. The van der Waals surface area contributed by atoms with Crippen LogP contribution < -0.4 is 9.47 Å². The van der Waals surface area contributed by atoms with Gasteiger partial charge < -0.3 is 9.47 Å². The fourth-order valence-corrected chi connectivity index (χ4v) is 6.36. The maximum Gasteiger partial charge on any atom is 0.338 e. The molecule has 4 aromatic carbocycles. The molecule has 4 heteroatoms. The van der Waals surface area contributed by atoms with Crippen LogP contribution in [0.2, 0.25) is 0 Å². The van der Waals surface area contributed by atoms with Crippen LogP contribution in [0.15, 0.2) is 72.8 Å². The number of hydrogen-bond donors (Lipinski definition) is 0. The number of rotatable bonds is 6. The molecule has 0 fully saturated rings. The van der Waals surface area contributed by atoms with Gasteiger partial charge in [-0.15, -0.1) is 0 Å². The van der Waals surface area contributed by atoms with E-state index < -0.39 is 0 Å². The predicted octanol–water partition coefficient (Wildman–Crippen LogP) is 11.7. The molecule has 0 radical (unpaired) electrons. The van der Waals surface area contributed by atoms with Crippen LogP contribution in [0.4, 0.5) is 0 Å². The van der Waals surface area contributed by atoms with E-state index in [9.17, 15) is 9.59 Å². The van der Waals surface area contributed by atoms with Crippen molar-refractivity contribution in [3.05, 3.63) is 128 Å². The summed E-state index contributed by atoms with van der Waals surface area (Å²) in [5, 5.41) is 0. The summed E-state index contributed by atoms with van der Waals surface area (Å²) in [4.78, 5) is 23.7. The minimum Gasteiger partial charge on any atom is -0.423 e. The Labute approximate surface area is 294 Å². The first-order valence-corrected chi connectivity index (χ1v) is 16.8. The zero-order chi connectivity index (χ0) is 37.1. The lowest BCUT2D eigenvalue weighted by atomic mass is 9.82. The summed E-state index contributed by atoms with van der Waals surface area (Å²) < 4.78 is 11.0. The topological polar surface area (TPSA) is 52.6 Å². The zero-order valence-corrected chi connectivity index (χ0v) is 32.2. The summed E-state index contributed by atoms with van der Waals surface area (Å²) in [6, 6.07) is 17.3. The van der Waals surface area contributed by atoms with Gasteiger partial charge in [-0.2, -0.15) is 0 Å². The minimum atomic E-state index is -0.383. The third kappa shape index (κ3) is 9.26. The second kappa shape index (κ2) is 15.2. The number of benzene rings is 4. The smallest absolute Gasteiger partial charge is 0.338 e. The van der Waals surface area contributed by atoms with Crippen molar-refractivity contribution in [1.82, 2.24) is 0 Å². The van der Waals surface area contributed by atoms with E-state index in [-0.39, 0.29) is 17.4 Å². The van der Waals surface area contributed by atoms with Crippen LogP contribution in [-0.4, -0.2) is 11.9 Å². The molecule has 0 aliphatic rings. The van der Waals surface area contributed by atoms with Crippen LogP contribution in [0, 0.1) is 62.3 Å². The summed E-state index contributed by atoms with van der Waals surface area (Å²) in [6.45, 7) is 35.9. The molecule has 0 N–H and O–H groups in total. The molecule has 0 saturated heterocycles. The number of hydrogen-bond acceptors (Lipinski definition) is 4. The standard InChI is InChI=1S/C24H30O2.C21H24O2/c1-14(2)23(25)26-22-17(5)10-19(11-18(22)6)21-15(3)12-20(13-16(21)4)24(7,8)9;1-12(2)21(22)23-20-16(6)10-18(11-17(20)7)19-14(4)8-13(3)9-15(19)5/h10-13H,1H2,2-9H3;8-11H,1H2,2-7H3. The van der Waals surface area contributed by atoms with Crippen molar-refractivity contribution in [2.24, 2.45) is 0 Å². The Balaban J connectivity index is 0.000000267. The third-order valence-electron chi connectivity index (χ3n) is 8.66. The second-order valence-corrected chi connectivity index (χ2v) is 14.7. The first-order valence-electron chi connectivity index (χ1n) is 16.8. The monoisotopic (exact) mass is 658 g/mol. The van der Waals surface area contributed by atoms with Gasteiger partial charge in [-0.25, -0.2) is 9.59 Å². The molecule has 0 amide bonds. The highest BCUT2D eigenvalue weighted by Crippen LogP contribution is 2.37. The summed E-state index contributed by atoms with van der Waals surface area (Å²) >= 11 is 0. The molecule has 4 nitrogen and oxygen atoms in total. The summed E-state index contributed by atoms with van der Waals surface area (Å²) in [5.74, 6) is 0.491. The van der Waals surface area contributed by atoms with Crippen molar-refractivity contribution in [3.8, 4) is 33.8 Å². The van der Waals surface area contributed by atoms with Gasteiger partial charge in [0, 0.05) is 11.1 Å². The molecule has 0 aromatic heterocycles. The van der Waals surface area contributed by atoms with E-state index in [1.54, 1.807) is 13.8 Å². The number of esters is 2. The summed E-state index contributed by atoms with van der Waals surface area (Å²) in [6.07, 6.45) is 0. The SMILES string of the molecule is C=C(C)C(=O)Oc1c(C)cc(-c2c(C)cc(C(C)(C)C)cc2C)cc1C.C=C(C)C(=O)Oc1c(C)cc(-c2c(C)cc(C)cc2C)cc1C. The lowest BCUT2D eigenvalue weighted by Gasteiger charge is -2.23. The normalized spacial score (nSPS) is 11.0. The van der Waals surface area contributed by atoms with Crippen LogP contribution in [0.1, 0.15) is 90.3 Å². The van der Waals surface area contributed by atoms with Gasteiger partial charge in [-0.3, -0.25) is 0 Å². The molecule has 4 aromatic rings. The van der Waals surface area contributed by atoms with Crippen LogP contribution in [-0.2, 0) is 15.0 Å². The van der Waals surface area contributed by atoms with E-state index in [0.717, 1.165) is 33.4 Å².